The van der Waals surface area contributed by atoms with Crippen LogP contribution in [0.15, 0.2) is 66.2 Å². The number of ether oxygens (including phenoxy) is 2. The van der Waals surface area contributed by atoms with E-state index in [1.165, 1.54) is 30.3 Å². The van der Waals surface area contributed by atoms with Crippen molar-refractivity contribution in [2.45, 2.75) is 13.5 Å². The molecule has 0 saturated carbocycles. The van der Waals surface area contributed by atoms with Crippen LogP contribution in [0.25, 0.3) is 6.08 Å². The fraction of sp³-hybridized carbons (Fsp3) is 0.111. The number of hydrogen-bond acceptors (Lipinski definition) is 6. The number of carbonyl (C=O) groups excluding carboxylic acids is 3. The number of amides is 4. The van der Waals surface area contributed by atoms with Crippen LogP contribution in [0.2, 0.25) is 0 Å². The van der Waals surface area contributed by atoms with E-state index in [2.05, 4.69) is 5.32 Å². The standard InChI is InChI=1S/C27H20FIN2O7/c1-2-37-22-13-16(12-21(29)23(22)38-14-15-4-3-5-17(10-15)26(34)35)11-20-24(32)30-27(36)31(25(20)33)19-8-6-18(28)7-9-19/h3-13H,2,14H2,1H3,(H,34,35)(H,30,32,36)/b20-11+. The molecule has 0 radical (unpaired) electrons. The van der Waals surface area contributed by atoms with Crippen LogP contribution in [0.5, 0.6) is 11.5 Å². The molecule has 3 aromatic carbocycles. The van der Waals surface area contributed by atoms with Gasteiger partial charge in [-0.3, -0.25) is 14.9 Å². The van der Waals surface area contributed by atoms with E-state index in [4.69, 9.17) is 9.47 Å². The average molecular weight is 630 g/mol. The van der Waals surface area contributed by atoms with Crippen molar-refractivity contribution < 1.29 is 38.1 Å². The lowest BCUT2D eigenvalue weighted by Gasteiger charge is -2.26. The van der Waals surface area contributed by atoms with Crippen LogP contribution in [0, 0.1) is 9.39 Å². The van der Waals surface area contributed by atoms with Gasteiger partial charge in [0.1, 0.15) is 18.0 Å². The molecule has 1 heterocycles. The van der Waals surface area contributed by atoms with Crippen LogP contribution in [0.1, 0.15) is 28.4 Å². The maximum absolute atomic E-state index is 13.3. The van der Waals surface area contributed by atoms with Gasteiger partial charge in [-0.15, -0.1) is 0 Å². The van der Waals surface area contributed by atoms with Crippen molar-refractivity contribution in [1.29, 1.82) is 0 Å². The van der Waals surface area contributed by atoms with Gasteiger partial charge in [-0.1, -0.05) is 12.1 Å². The second kappa shape index (κ2) is 11.4. The number of benzene rings is 3. The minimum Gasteiger partial charge on any atom is -0.490 e. The van der Waals surface area contributed by atoms with Gasteiger partial charge >= 0.3 is 12.0 Å². The predicted octanol–water partition coefficient (Wildman–Crippen LogP) is 4.77. The normalized spacial score (nSPS) is 14.4. The average Bonchev–Trinajstić information content (AvgIpc) is 2.87. The molecule has 38 heavy (non-hydrogen) atoms. The molecule has 4 amide bonds. The van der Waals surface area contributed by atoms with Gasteiger partial charge in [-0.2, -0.15) is 0 Å². The largest absolute Gasteiger partial charge is 0.490 e. The van der Waals surface area contributed by atoms with Gasteiger partial charge in [0, 0.05) is 0 Å². The Labute approximate surface area is 230 Å². The Kier molecular flexibility index (Phi) is 8.05. The third-order valence-corrected chi connectivity index (χ3v) is 6.19. The highest BCUT2D eigenvalue weighted by Crippen LogP contribution is 2.36. The molecule has 0 spiro atoms. The minimum atomic E-state index is -1.05. The van der Waals surface area contributed by atoms with Crippen molar-refractivity contribution in [3.63, 3.8) is 0 Å². The molecule has 9 nitrogen and oxygen atoms in total. The molecule has 1 aliphatic heterocycles. The maximum atomic E-state index is 13.3. The summed E-state index contributed by atoms with van der Waals surface area (Å²) in [6, 6.07) is 13.4. The Hall–Kier alpha value is -4.26. The number of hydrogen-bond donors (Lipinski definition) is 2. The second-order valence-electron chi connectivity index (χ2n) is 7.99. The molecule has 11 heteroatoms. The highest BCUT2D eigenvalue weighted by atomic mass is 127. The summed E-state index contributed by atoms with van der Waals surface area (Å²) in [4.78, 5) is 50.0. The van der Waals surface area contributed by atoms with Crippen molar-refractivity contribution >= 4 is 58.2 Å². The monoisotopic (exact) mass is 630 g/mol. The van der Waals surface area contributed by atoms with Gasteiger partial charge in [0.2, 0.25) is 0 Å². The van der Waals surface area contributed by atoms with Crippen LogP contribution in [-0.4, -0.2) is 35.5 Å². The summed E-state index contributed by atoms with van der Waals surface area (Å²) in [5.41, 5.74) is 1.02. The van der Waals surface area contributed by atoms with E-state index in [1.807, 2.05) is 22.6 Å². The molecule has 4 rings (SSSR count). The third-order valence-electron chi connectivity index (χ3n) is 5.39. The number of nitrogens with one attached hydrogen (secondary N) is 1. The number of aromatic carboxylic acids is 1. The van der Waals surface area contributed by atoms with Gasteiger partial charge < -0.3 is 14.6 Å². The number of imide groups is 2. The molecule has 0 unspecified atom stereocenters. The first kappa shape index (κ1) is 26.8. The summed E-state index contributed by atoms with van der Waals surface area (Å²) in [6.45, 7) is 2.16. The summed E-state index contributed by atoms with van der Waals surface area (Å²) < 4.78 is 25.6. The van der Waals surface area contributed by atoms with E-state index in [0.717, 1.165) is 17.0 Å². The Balaban J connectivity index is 1.64. The molecule has 3 aromatic rings. The first-order valence-electron chi connectivity index (χ1n) is 11.3. The molecule has 2 N–H and O–H groups in total. The fourth-order valence-electron chi connectivity index (χ4n) is 3.67. The van der Waals surface area contributed by atoms with E-state index in [0.29, 0.717) is 32.8 Å². The van der Waals surface area contributed by atoms with Crippen molar-refractivity contribution in [3.8, 4) is 11.5 Å². The number of carbonyl (C=O) groups is 4. The topological polar surface area (TPSA) is 122 Å². The molecule has 1 fully saturated rings. The van der Waals surface area contributed by atoms with Crippen LogP contribution < -0.4 is 19.7 Å². The van der Waals surface area contributed by atoms with Crippen LogP contribution in [-0.2, 0) is 16.2 Å². The van der Waals surface area contributed by atoms with Crippen molar-refractivity contribution in [3.05, 3.63) is 92.3 Å². The second-order valence-corrected chi connectivity index (χ2v) is 9.15. The highest BCUT2D eigenvalue weighted by molar-refractivity contribution is 14.1. The zero-order valence-electron chi connectivity index (χ0n) is 19.9. The number of urea groups is 1. The van der Waals surface area contributed by atoms with E-state index in [9.17, 15) is 28.7 Å². The third kappa shape index (κ3) is 5.83. The lowest BCUT2D eigenvalue weighted by molar-refractivity contribution is -0.122. The fourth-order valence-corrected chi connectivity index (χ4v) is 4.45. The van der Waals surface area contributed by atoms with Crippen molar-refractivity contribution in [2.75, 3.05) is 11.5 Å². The number of anilines is 1. The Bertz CT molecular complexity index is 1470. The van der Waals surface area contributed by atoms with Crippen LogP contribution in [0.4, 0.5) is 14.9 Å². The van der Waals surface area contributed by atoms with Crippen molar-refractivity contribution in [2.24, 2.45) is 0 Å². The van der Waals surface area contributed by atoms with Crippen molar-refractivity contribution in [1.82, 2.24) is 5.32 Å². The van der Waals surface area contributed by atoms with Crippen LogP contribution in [0.3, 0.4) is 0 Å². The number of barbiturate groups is 1. The number of halogens is 2. The number of carboxylic acids is 1. The van der Waals surface area contributed by atoms with Gasteiger partial charge in [0.05, 0.1) is 21.4 Å². The first-order chi connectivity index (χ1) is 18.2. The highest BCUT2D eigenvalue weighted by Gasteiger charge is 2.37. The molecule has 0 aliphatic carbocycles. The number of nitrogens with zero attached hydrogens (tertiary/aromatic N) is 1. The molecule has 194 valence electrons. The first-order valence-corrected chi connectivity index (χ1v) is 12.3. The lowest BCUT2D eigenvalue weighted by Crippen LogP contribution is -2.54. The predicted molar refractivity (Wildman–Crippen MR) is 143 cm³/mol. The van der Waals surface area contributed by atoms with Crippen LogP contribution >= 0.6 is 22.6 Å². The molecule has 0 atom stereocenters. The van der Waals surface area contributed by atoms with Gasteiger partial charge in [0.15, 0.2) is 11.5 Å². The van der Waals surface area contributed by atoms with Gasteiger partial charge in [0.25, 0.3) is 11.8 Å². The molecule has 0 aromatic heterocycles. The molecular formula is C27H20FIN2O7. The summed E-state index contributed by atoms with van der Waals surface area (Å²) in [5.74, 6) is -2.58. The summed E-state index contributed by atoms with van der Waals surface area (Å²) in [6.07, 6.45) is 1.32. The van der Waals surface area contributed by atoms with E-state index in [1.54, 1.807) is 31.2 Å². The zero-order chi connectivity index (χ0) is 27.4. The Morgan fingerprint density at radius 3 is 2.50 bits per heavy atom. The molecular weight excluding hydrogens is 610 g/mol. The zero-order valence-corrected chi connectivity index (χ0v) is 22.0. The Morgan fingerprint density at radius 2 is 1.82 bits per heavy atom. The summed E-state index contributed by atoms with van der Waals surface area (Å²) in [5, 5.41) is 11.3. The molecule has 0 bridgehead atoms. The summed E-state index contributed by atoms with van der Waals surface area (Å²) in [7, 11) is 0. The SMILES string of the molecule is CCOc1cc(/C=C2\C(=O)NC(=O)N(c3ccc(F)cc3)C2=O)cc(I)c1OCc1cccc(C(=O)O)c1. The lowest BCUT2D eigenvalue weighted by atomic mass is 10.1. The molecule has 1 saturated heterocycles. The number of carboxylic acid groups (broad SMARTS) is 1. The summed E-state index contributed by atoms with van der Waals surface area (Å²) >= 11 is 2.02. The van der Waals surface area contributed by atoms with E-state index in [-0.39, 0.29) is 23.4 Å². The van der Waals surface area contributed by atoms with Gasteiger partial charge in [-0.05, 0) is 95.2 Å². The maximum Gasteiger partial charge on any atom is 0.335 e. The van der Waals surface area contributed by atoms with E-state index >= 15 is 0 Å². The molecule has 1 aliphatic rings. The number of rotatable bonds is 8. The minimum absolute atomic E-state index is 0.0767. The van der Waals surface area contributed by atoms with Gasteiger partial charge in [-0.25, -0.2) is 18.9 Å². The smallest absolute Gasteiger partial charge is 0.335 e. The quantitative estimate of drug-likeness (QED) is 0.209. The van der Waals surface area contributed by atoms with E-state index < -0.39 is 29.6 Å². The Morgan fingerprint density at radius 1 is 1.08 bits per heavy atom.